The Labute approximate surface area is 117 Å². The molecule has 106 valence electrons. The van der Waals surface area contributed by atoms with Gasteiger partial charge in [0.1, 0.15) is 0 Å². The van der Waals surface area contributed by atoms with Crippen LogP contribution < -0.4 is 5.32 Å². The molecule has 1 aliphatic rings. The quantitative estimate of drug-likeness (QED) is 0.877. The summed E-state index contributed by atoms with van der Waals surface area (Å²) < 4.78 is 5.70. The number of ether oxygens (including phenoxy) is 1. The van der Waals surface area contributed by atoms with Gasteiger partial charge < -0.3 is 10.1 Å². The molecule has 0 saturated carbocycles. The third kappa shape index (κ3) is 3.58. The second-order valence-corrected chi connectivity index (χ2v) is 6.02. The first-order valence-corrected chi connectivity index (χ1v) is 7.49. The van der Waals surface area contributed by atoms with E-state index in [1.807, 2.05) is 0 Å². The highest BCUT2D eigenvalue weighted by molar-refractivity contribution is 5.25. The van der Waals surface area contributed by atoms with Crippen LogP contribution in [0.4, 0.5) is 0 Å². The molecule has 1 aromatic rings. The van der Waals surface area contributed by atoms with Crippen molar-refractivity contribution in [2.45, 2.75) is 51.7 Å². The maximum atomic E-state index is 5.70. The molecule has 3 atom stereocenters. The van der Waals surface area contributed by atoms with E-state index in [2.05, 4.69) is 57.4 Å². The van der Waals surface area contributed by atoms with E-state index in [9.17, 15) is 0 Å². The summed E-state index contributed by atoms with van der Waals surface area (Å²) in [7, 11) is 2.07. The second-order valence-electron chi connectivity index (χ2n) is 6.02. The van der Waals surface area contributed by atoms with Crippen molar-refractivity contribution >= 4 is 0 Å². The van der Waals surface area contributed by atoms with E-state index in [1.54, 1.807) is 0 Å². The summed E-state index contributed by atoms with van der Waals surface area (Å²) in [5.74, 6) is 1.24. The number of nitrogens with one attached hydrogen (secondary N) is 1. The van der Waals surface area contributed by atoms with Gasteiger partial charge in [-0.25, -0.2) is 0 Å². The van der Waals surface area contributed by atoms with Gasteiger partial charge in [-0.3, -0.25) is 0 Å². The maximum absolute atomic E-state index is 5.70. The van der Waals surface area contributed by atoms with Crippen molar-refractivity contribution in [1.82, 2.24) is 5.32 Å². The molecule has 0 aromatic heterocycles. The predicted molar refractivity (Wildman–Crippen MR) is 80.6 cm³/mol. The van der Waals surface area contributed by atoms with Gasteiger partial charge in [-0.2, -0.15) is 0 Å². The number of likely N-dealkylation sites (N-methyl/N-ethyl adjacent to an activating group) is 1. The molecule has 0 bridgehead atoms. The molecular formula is C17H27NO. The van der Waals surface area contributed by atoms with E-state index >= 15 is 0 Å². The molecule has 0 radical (unpaired) electrons. The van der Waals surface area contributed by atoms with Crippen LogP contribution in [-0.4, -0.2) is 25.8 Å². The standard InChI is InChI=1S/C17H27NO/c1-12(2)15-7-5-14(6-8-15)11-17(18-4)16-9-10-19-13(16)3/h5-8,12-13,16-18H,9-11H2,1-4H3. The monoisotopic (exact) mass is 261 g/mol. The fourth-order valence-corrected chi connectivity index (χ4v) is 3.04. The van der Waals surface area contributed by atoms with E-state index in [0.717, 1.165) is 13.0 Å². The van der Waals surface area contributed by atoms with E-state index in [4.69, 9.17) is 4.74 Å². The van der Waals surface area contributed by atoms with Gasteiger partial charge in [0.05, 0.1) is 6.10 Å². The van der Waals surface area contributed by atoms with Gasteiger partial charge in [-0.05, 0) is 43.9 Å². The molecular weight excluding hydrogens is 234 g/mol. The lowest BCUT2D eigenvalue weighted by atomic mass is 9.88. The normalized spacial score (nSPS) is 24.9. The van der Waals surface area contributed by atoms with Crippen LogP contribution >= 0.6 is 0 Å². The summed E-state index contributed by atoms with van der Waals surface area (Å²) in [6.45, 7) is 7.59. The minimum Gasteiger partial charge on any atom is -0.378 e. The Kier molecular flexibility index (Phi) is 5.00. The SMILES string of the molecule is CNC(Cc1ccc(C(C)C)cc1)C1CCOC1C. The molecule has 2 nitrogen and oxygen atoms in total. The molecule has 3 unspecified atom stereocenters. The average Bonchev–Trinajstić information content (AvgIpc) is 2.83. The molecule has 0 amide bonds. The lowest BCUT2D eigenvalue weighted by Gasteiger charge is -2.25. The fraction of sp³-hybridized carbons (Fsp3) is 0.647. The highest BCUT2D eigenvalue weighted by Gasteiger charge is 2.30. The topological polar surface area (TPSA) is 21.3 Å². The summed E-state index contributed by atoms with van der Waals surface area (Å²) >= 11 is 0. The Morgan fingerprint density at radius 3 is 2.42 bits per heavy atom. The molecule has 1 aromatic carbocycles. The van der Waals surface area contributed by atoms with E-state index in [1.165, 1.54) is 17.5 Å². The maximum Gasteiger partial charge on any atom is 0.0590 e. The van der Waals surface area contributed by atoms with Crippen LogP contribution in [0.25, 0.3) is 0 Å². The second kappa shape index (κ2) is 6.53. The number of hydrogen-bond acceptors (Lipinski definition) is 2. The lowest BCUT2D eigenvalue weighted by molar-refractivity contribution is 0.0963. The van der Waals surface area contributed by atoms with Crippen LogP contribution in [0.15, 0.2) is 24.3 Å². The minimum atomic E-state index is 0.382. The molecule has 2 rings (SSSR count). The van der Waals surface area contributed by atoms with Gasteiger partial charge in [-0.1, -0.05) is 38.1 Å². The predicted octanol–water partition coefficient (Wildman–Crippen LogP) is 3.37. The molecule has 2 heteroatoms. The Balaban J connectivity index is 2.01. The van der Waals surface area contributed by atoms with Crippen LogP contribution in [0.3, 0.4) is 0 Å². The van der Waals surface area contributed by atoms with Crippen molar-refractivity contribution in [2.75, 3.05) is 13.7 Å². The Hall–Kier alpha value is -0.860. The van der Waals surface area contributed by atoms with Gasteiger partial charge >= 0.3 is 0 Å². The fourth-order valence-electron chi connectivity index (χ4n) is 3.04. The molecule has 0 aliphatic carbocycles. The Morgan fingerprint density at radius 2 is 1.95 bits per heavy atom. The van der Waals surface area contributed by atoms with E-state index in [-0.39, 0.29) is 0 Å². The first kappa shape index (κ1) is 14.5. The van der Waals surface area contributed by atoms with Gasteiger partial charge in [0.15, 0.2) is 0 Å². The Morgan fingerprint density at radius 1 is 1.26 bits per heavy atom. The van der Waals surface area contributed by atoms with Gasteiger partial charge in [0.2, 0.25) is 0 Å². The zero-order valence-electron chi connectivity index (χ0n) is 12.6. The zero-order valence-corrected chi connectivity index (χ0v) is 12.6. The van der Waals surface area contributed by atoms with Crippen LogP contribution in [0.5, 0.6) is 0 Å². The summed E-state index contributed by atoms with van der Waals surface area (Å²) in [5, 5.41) is 3.48. The van der Waals surface area contributed by atoms with Crippen molar-refractivity contribution in [2.24, 2.45) is 5.92 Å². The summed E-state index contributed by atoms with van der Waals surface area (Å²) in [4.78, 5) is 0. The third-order valence-electron chi connectivity index (χ3n) is 4.42. The Bertz CT molecular complexity index is 385. The molecule has 1 heterocycles. The van der Waals surface area contributed by atoms with Crippen LogP contribution in [0.1, 0.15) is 44.2 Å². The van der Waals surface area contributed by atoms with Crippen LogP contribution in [-0.2, 0) is 11.2 Å². The average molecular weight is 261 g/mol. The molecule has 0 spiro atoms. The highest BCUT2D eigenvalue weighted by Crippen LogP contribution is 2.26. The van der Waals surface area contributed by atoms with Crippen molar-refractivity contribution in [3.8, 4) is 0 Å². The van der Waals surface area contributed by atoms with E-state index < -0.39 is 0 Å². The number of rotatable bonds is 5. The third-order valence-corrected chi connectivity index (χ3v) is 4.42. The van der Waals surface area contributed by atoms with Crippen LogP contribution in [0, 0.1) is 5.92 Å². The van der Waals surface area contributed by atoms with E-state index in [0.29, 0.717) is 24.0 Å². The van der Waals surface area contributed by atoms with Gasteiger partial charge in [0, 0.05) is 18.6 Å². The molecule has 1 aliphatic heterocycles. The molecule has 19 heavy (non-hydrogen) atoms. The van der Waals surface area contributed by atoms with Gasteiger partial charge in [0.25, 0.3) is 0 Å². The first-order chi connectivity index (χ1) is 9.11. The summed E-state index contributed by atoms with van der Waals surface area (Å²) in [6, 6.07) is 9.60. The molecule has 1 N–H and O–H groups in total. The lowest BCUT2D eigenvalue weighted by Crippen LogP contribution is -2.38. The highest BCUT2D eigenvalue weighted by atomic mass is 16.5. The minimum absolute atomic E-state index is 0.382. The van der Waals surface area contributed by atoms with Crippen molar-refractivity contribution in [1.29, 1.82) is 0 Å². The summed E-state index contributed by atoms with van der Waals surface area (Å²) in [5.41, 5.74) is 2.84. The zero-order chi connectivity index (χ0) is 13.8. The smallest absolute Gasteiger partial charge is 0.0590 e. The summed E-state index contributed by atoms with van der Waals surface area (Å²) in [6.07, 6.45) is 2.65. The number of benzene rings is 1. The molecule has 1 saturated heterocycles. The van der Waals surface area contributed by atoms with Gasteiger partial charge in [-0.15, -0.1) is 0 Å². The molecule has 1 fully saturated rings. The van der Waals surface area contributed by atoms with Crippen LogP contribution in [0.2, 0.25) is 0 Å². The largest absolute Gasteiger partial charge is 0.378 e. The van der Waals surface area contributed by atoms with Crippen molar-refractivity contribution in [3.63, 3.8) is 0 Å². The first-order valence-electron chi connectivity index (χ1n) is 7.49. The van der Waals surface area contributed by atoms with Crippen molar-refractivity contribution in [3.05, 3.63) is 35.4 Å². The number of hydrogen-bond donors (Lipinski definition) is 1. The van der Waals surface area contributed by atoms with Crippen molar-refractivity contribution < 1.29 is 4.74 Å².